The summed E-state index contributed by atoms with van der Waals surface area (Å²) < 4.78 is 7.85. The van der Waals surface area contributed by atoms with Crippen molar-refractivity contribution < 1.29 is 4.42 Å². The number of nitrogens with zero attached hydrogens (tertiary/aromatic N) is 3. The lowest BCUT2D eigenvalue weighted by Crippen LogP contribution is -2.32. The molecular formula is C26H27N5OS. The van der Waals surface area contributed by atoms with Gasteiger partial charge in [0.1, 0.15) is 5.76 Å². The fourth-order valence-corrected chi connectivity index (χ4v) is 4.75. The van der Waals surface area contributed by atoms with E-state index in [1.807, 2.05) is 48.7 Å². The molecule has 0 radical (unpaired) electrons. The summed E-state index contributed by atoms with van der Waals surface area (Å²) in [5.41, 5.74) is 3.31. The average Bonchev–Trinajstić information content (AvgIpc) is 3.59. The number of hydrogen-bond donors (Lipinski definition) is 2. The van der Waals surface area contributed by atoms with Crippen molar-refractivity contribution >= 4 is 23.0 Å². The summed E-state index contributed by atoms with van der Waals surface area (Å²) in [5.74, 6) is 0.925. The molecule has 0 saturated carbocycles. The van der Waals surface area contributed by atoms with Crippen LogP contribution in [0.25, 0.3) is 0 Å². The molecule has 3 aromatic heterocycles. The van der Waals surface area contributed by atoms with E-state index in [1.165, 1.54) is 5.69 Å². The number of furan rings is 1. The number of nitrogens with one attached hydrogen (secondary N) is 2. The van der Waals surface area contributed by atoms with Crippen molar-refractivity contribution in [2.45, 2.75) is 25.0 Å². The lowest BCUT2D eigenvalue weighted by molar-refractivity contribution is 0.302. The number of hydrogen-bond acceptors (Lipinski definition) is 4. The van der Waals surface area contributed by atoms with Gasteiger partial charge in [0.2, 0.25) is 0 Å². The first-order chi connectivity index (χ1) is 16.3. The van der Waals surface area contributed by atoms with Crippen LogP contribution in [0, 0.1) is 0 Å². The number of para-hydroxylation sites is 1. The molecule has 5 rings (SSSR count). The molecule has 168 valence electrons. The Labute approximate surface area is 199 Å². The van der Waals surface area contributed by atoms with Crippen LogP contribution in [-0.2, 0) is 6.54 Å². The number of anilines is 1. The molecule has 0 amide bonds. The normalized spacial score (nSPS) is 17.8. The van der Waals surface area contributed by atoms with E-state index in [9.17, 15) is 0 Å². The van der Waals surface area contributed by atoms with Crippen LogP contribution in [0.4, 0.5) is 5.69 Å². The quantitative estimate of drug-likeness (QED) is 0.273. The molecule has 2 atom stereocenters. The summed E-state index contributed by atoms with van der Waals surface area (Å²) in [6.07, 6.45) is 6.61. The number of pyridine rings is 1. The number of thiocarbonyl (C=S) groups is 1. The third-order valence-corrected chi connectivity index (χ3v) is 6.30. The first kappa shape index (κ1) is 21.3. The second-order valence-electron chi connectivity index (χ2n) is 8.11. The van der Waals surface area contributed by atoms with Crippen molar-refractivity contribution in [2.24, 2.45) is 0 Å². The fraction of sp³-hybridized carbons (Fsp3) is 0.231. The van der Waals surface area contributed by atoms with Gasteiger partial charge in [-0.25, -0.2) is 0 Å². The Kier molecular flexibility index (Phi) is 6.39. The monoisotopic (exact) mass is 457 g/mol. The Bertz CT molecular complexity index is 1160. The van der Waals surface area contributed by atoms with Gasteiger partial charge in [0, 0.05) is 36.9 Å². The first-order valence-corrected chi connectivity index (χ1v) is 11.6. The van der Waals surface area contributed by atoms with Crippen LogP contribution in [0.1, 0.15) is 35.7 Å². The van der Waals surface area contributed by atoms with Gasteiger partial charge < -0.3 is 24.5 Å². The Morgan fingerprint density at radius 3 is 2.67 bits per heavy atom. The van der Waals surface area contributed by atoms with E-state index in [-0.39, 0.29) is 12.1 Å². The summed E-state index contributed by atoms with van der Waals surface area (Å²) in [6.45, 7) is 2.39. The standard InChI is InChI=1S/C26H27N5OS/c33-26-29-24(22-12-4-5-14-28-22)25(23-13-6-16-30(23)19-21-11-7-18-32-21)31(26)17-8-15-27-20-9-2-1-3-10-20/h1-7,9-14,16,18,24-25,27H,8,15,17,19H2,(H,29,33)/t24-,25+/m1/s1. The third kappa shape index (κ3) is 4.78. The molecule has 0 unspecified atom stereocenters. The maximum Gasteiger partial charge on any atom is 0.170 e. The van der Waals surface area contributed by atoms with E-state index < -0.39 is 0 Å². The molecule has 2 N–H and O–H groups in total. The summed E-state index contributed by atoms with van der Waals surface area (Å²) in [4.78, 5) is 6.94. The average molecular weight is 458 g/mol. The minimum atomic E-state index is -0.0222. The lowest BCUT2D eigenvalue weighted by Gasteiger charge is -2.29. The highest BCUT2D eigenvalue weighted by Gasteiger charge is 2.40. The maximum absolute atomic E-state index is 5.81. The smallest absolute Gasteiger partial charge is 0.170 e. The highest BCUT2D eigenvalue weighted by atomic mass is 32.1. The van der Waals surface area contributed by atoms with Crippen molar-refractivity contribution in [2.75, 3.05) is 18.4 Å². The van der Waals surface area contributed by atoms with Gasteiger partial charge in [0.05, 0.1) is 30.6 Å². The molecule has 1 aliphatic heterocycles. The van der Waals surface area contributed by atoms with Crippen LogP contribution in [0.3, 0.4) is 0 Å². The Balaban J connectivity index is 1.37. The minimum Gasteiger partial charge on any atom is -0.467 e. The van der Waals surface area contributed by atoms with Gasteiger partial charge in [0.15, 0.2) is 5.11 Å². The van der Waals surface area contributed by atoms with Crippen molar-refractivity contribution in [3.63, 3.8) is 0 Å². The number of rotatable bonds is 9. The molecule has 1 aromatic carbocycles. The third-order valence-electron chi connectivity index (χ3n) is 5.95. The molecule has 4 aromatic rings. The predicted molar refractivity (Wildman–Crippen MR) is 134 cm³/mol. The molecule has 1 fully saturated rings. The summed E-state index contributed by atoms with van der Waals surface area (Å²) in [5, 5.41) is 7.80. The van der Waals surface area contributed by atoms with Crippen molar-refractivity contribution in [1.82, 2.24) is 19.8 Å². The topological polar surface area (TPSA) is 58.3 Å². The highest BCUT2D eigenvalue weighted by molar-refractivity contribution is 7.80. The van der Waals surface area contributed by atoms with Gasteiger partial charge in [0.25, 0.3) is 0 Å². The van der Waals surface area contributed by atoms with Gasteiger partial charge in [-0.2, -0.15) is 0 Å². The minimum absolute atomic E-state index is 0.0222. The second-order valence-corrected chi connectivity index (χ2v) is 8.49. The zero-order valence-electron chi connectivity index (χ0n) is 18.3. The van der Waals surface area contributed by atoms with Gasteiger partial charge >= 0.3 is 0 Å². The van der Waals surface area contributed by atoms with E-state index in [4.69, 9.17) is 16.6 Å². The van der Waals surface area contributed by atoms with E-state index in [0.717, 1.165) is 41.8 Å². The van der Waals surface area contributed by atoms with E-state index >= 15 is 0 Å². The van der Waals surface area contributed by atoms with Gasteiger partial charge in [-0.15, -0.1) is 0 Å². The molecular weight excluding hydrogens is 430 g/mol. The van der Waals surface area contributed by atoms with E-state index in [1.54, 1.807) is 6.26 Å². The molecule has 0 bridgehead atoms. The van der Waals surface area contributed by atoms with Crippen molar-refractivity contribution in [3.8, 4) is 0 Å². The van der Waals surface area contributed by atoms with Crippen LogP contribution >= 0.6 is 12.2 Å². The summed E-state index contributed by atoms with van der Waals surface area (Å²) >= 11 is 5.81. The Morgan fingerprint density at radius 1 is 1.00 bits per heavy atom. The summed E-state index contributed by atoms with van der Waals surface area (Å²) in [6, 6.07) is 24.5. The molecule has 0 spiro atoms. The molecule has 7 heteroatoms. The Hall–Kier alpha value is -3.58. The lowest BCUT2D eigenvalue weighted by atomic mass is 10.0. The fourth-order valence-electron chi connectivity index (χ4n) is 4.42. The number of benzene rings is 1. The van der Waals surface area contributed by atoms with Crippen LogP contribution in [0.5, 0.6) is 0 Å². The molecule has 6 nitrogen and oxygen atoms in total. The molecule has 1 aliphatic rings. The van der Waals surface area contributed by atoms with Crippen molar-refractivity contribution in [1.29, 1.82) is 0 Å². The molecule has 0 aliphatic carbocycles. The van der Waals surface area contributed by atoms with Crippen LogP contribution in [0.2, 0.25) is 0 Å². The largest absolute Gasteiger partial charge is 0.467 e. The van der Waals surface area contributed by atoms with Crippen LogP contribution in [0.15, 0.2) is 95.9 Å². The van der Waals surface area contributed by atoms with Gasteiger partial charge in [-0.3, -0.25) is 4.98 Å². The van der Waals surface area contributed by atoms with E-state index in [2.05, 4.69) is 61.6 Å². The Morgan fingerprint density at radius 2 is 1.88 bits per heavy atom. The first-order valence-electron chi connectivity index (χ1n) is 11.2. The SMILES string of the molecule is S=C1N[C@H](c2ccccn2)[C@H](c2cccn2Cc2ccco2)N1CCCNc1ccccc1. The van der Waals surface area contributed by atoms with Crippen LogP contribution in [-0.4, -0.2) is 32.7 Å². The van der Waals surface area contributed by atoms with E-state index in [0.29, 0.717) is 6.54 Å². The zero-order chi connectivity index (χ0) is 22.5. The zero-order valence-corrected chi connectivity index (χ0v) is 19.1. The second kappa shape index (κ2) is 9.92. The van der Waals surface area contributed by atoms with Crippen LogP contribution < -0.4 is 10.6 Å². The highest BCUT2D eigenvalue weighted by Crippen LogP contribution is 2.39. The molecule has 33 heavy (non-hydrogen) atoms. The van der Waals surface area contributed by atoms with Gasteiger partial charge in [-0.1, -0.05) is 24.3 Å². The maximum atomic E-state index is 5.81. The van der Waals surface area contributed by atoms with Crippen molar-refractivity contribution in [3.05, 3.63) is 109 Å². The number of aromatic nitrogens is 2. The molecule has 4 heterocycles. The van der Waals surface area contributed by atoms with Gasteiger partial charge in [-0.05, 0) is 67.2 Å². The summed E-state index contributed by atoms with van der Waals surface area (Å²) in [7, 11) is 0. The molecule has 1 saturated heterocycles. The predicted octanol–water partition coefficient (Wildman–Crippen LogP) is 5.00.